The zero-order chi connectivity index (χ0) is 12.6. The zero-order valence-corrected chi connectivity index (χ0v) is 9.33. The van der Waals surface area contributed by atoms with Gasteiger partial charge in [-0.15, -0.1) is 5.10 Å². The number of aromatic nitrogens is 3. The first kappa shape index (κ1) is 11.3. The Bertz CT molecular complexity index is 550. The van der Waals surface area contributed by atoms with Crippen LogP contribution in [0.4, 0.5) is 20.4 Å². The maximum atomic E-state index is 13.5. The molecule has 5 nitrogen and oxygen atoms in total. The Hall–Kier alpha value is -2.18. The van der Waals surface area contributed by atoms with Crippen LogP contribution in [0.5, 0.6) is 0 Å². The summed E-state index contributed by atoms with van der Waals surface area (Å²) >= 11 is 0. The molecule has 1 heterocycles. The lowest BCUT2D eigenvalue weighted by atomic mass is 10.1. The summed E-state index contributed by atoms with van der Waals surface area (Å²) in [6.45, 7) is 0. The van der Waals surface area contributed by atoms with Crippen LogP contribution in [0, 0.1) is 11.6 Å². The van der Waals surface area contributed by atoms with Crippen molar-refractivity contribution in [1.82, 2.24) is 15.2 Å². The largest absolute Gasteiger partial charge is 0.396 e. The van der Waals surface area contributed by atoms with Gasteiger partial charge in [-0.1, -0.05) is 0 Å². The van der Waals surface area contributed by atoms with Gasteiger partial charge >= 0.3 is 0 Å². The summed E-state index contributed by atoms with van der Waals surface area (Å²) in [5.41, 5.74) is 5.33. The van der Waals surface area contributed by atoms with E-state index in [2.05, 4.69) is 15.2 Å². The quantitative estimate of drug-likeness (QED) is 0.777. The van der Waals surface area contributed by atoms with Crippen LogP contribution in [0.15, 0.2) is 12.1 Å². The van der Waals surface area contributed by atoms with Crippen molar-refractivity contribution < 1.29 is 8.78 Å². The summed E-state index contributed by atoms with van der Waals surface area (Å²) in [4.78, 5) is 5.71. The number of halogens is 2. The number of hydrogen-bond donors (Lipinski definition) is 2. The van der Waals surface area contributed by atoms with Gasteiger partial charge < -0.3 is 10.6 Å². The SMILES string of the molecule is CN(C)c1n[nH]c(-c2cc(N)c(F)cc2F)n1. The Kier molecular flexibility index (Phi) is 2.66. The van der Waals surface area contributed by atoms with E-state index in [0.29, 0.717) is 5.95 Å². The molecule has 0 saturated carbocycles. The fourth-order valence-electron chi connectivity index (χ4n) is 1.32. The first-order valence-electron chi connectivity index (χ1n) is 4.83. The number of H-pyrrole nitrogens is 1. The Morgan fingerprint density at radius 3 is 2.53 bits per heavy atom. The van der Waals surface area contributed by atoms with Crippen molar-refractivity contribution in [1.29, 1.82) is 0 Å². The highest BCUT2D eigenvalue weighted by atomic mass is 19.1. The molecule has 0 saturated heterocycles. The minimum absolute atomic E-state index is 0.0875. The minimum Gasteiger partial charge on any atom is -0.396 e. The molecule has 0 aliphatic carbocycles. The molecule has 17 heavy (non-hydrogen) atoms. The molecule has 0 atom stereocenters. The Morgan fingerprint density at radius 2 is 1.94 bits per heavy atom. The maximum absolute atomic E-state index is 13.5. The van der Waals surface area contributed by atoms with Gasteiger partial charge in [0, 0.05) is 20.2 Å². The summed E-state index contributed by atoms with van der Waals surface area (Å²) in [5.74, 6) is -0.919. The number of hydrogen-bond acceptors (Lipinski definition) is 4. The molecule has 2 aromatic rings. The second kappa shape index (κ2) is 4.00. The van der Waals surface area contributed by atoms with E-state index >= 15 is 0 Å². The summed E-state index contributed by atoms with van der Waals surface area (Å²) in [6.07, 6.45) is 0. The van der Waals surface area contributed by atoms with Gasteiger partial charge in [-0.05, 0) is 6.07 Å². The summed E-state index contributed by atoms with van der Waals surface area (Å²) in [6, 6.07) is 1.91. The first-order chi connectivity index (χ1) is 7.99. The van der Waals surface area contributed by atoms with Crippen molar-refractivity contribution in [2.24, 2.45) is 0 Å². The summed E-state index contributed by atoms with van der Waals surface area (Å²) < 4.78 is 26.5. The van der Waals surface area contributed by atoms with Crippen molar-refractivity contribution in [3.8, 4) is 11.4 Å². The topological polar surface area (TPSA) is 70.8 Å². The van der Waals surface area contributed by atoms with Crippen molar-refractivity contribution in [3.63, 3.8) is 0 Å². The third-order valence-electron chi connectivity index (χ3n) is 2.22. The fraction of sp³-hybridized carbons (Fsp3) is 0.200. The molecule has 2 rings (SSSR count). The van der Waals surface area contributed by atoms with Crippen LogP contribution in [0.3, 0.4) is 0 Å². The molecule has 90 valence electrons. The standard InChI is InChI=1S/C10H11F2N5/c1-17(2)10-14-9(15-16-10)5-3-8(13)7(12)4-6(5)11/h3-4H,13H2,1-2H3,(H,14,15,16). The second-order valence-corrected chi connectivity index (χ2v) is 3.73. The zero-order valence-electron chi connectivity index (χ0n) is 9.33. The van der Waals surface area contributed by atoms with Crippen LogP contribution >= 0.6 is 0 Å². The van der Waals surface area contributed by atoms with E-state index < -0.39 is 11.6 Å². The third kappa shape index (κ3) is 2.03. The highest BCUT2D eigenvalue weighted by molar-refractivity contribution is 5.63. The molecular formula is C10H11F2N5. The lowest BCUT2D eigenvalue weighted by Crippen LogP contribution is -2.10. The van der Waals surface area contributed by atoms with E-state index in [4.69, 9.17) is 5.73 Å². The molecule has 0 aliphatic heterocycles. The lowest BCUT2D eigenvalue weighted by molar-refractivity contribution is 0.588. The molecule has 7 heteroatoms. The summed E-state index contributed by atoms with van der Waals surface area (Å²) in [5, 5.41) is 6.44. The molecular weight excluding hydrogens is 228 g/mol. The normalized spacial score (nSPS) is 10.6. The molecule has 1 aromatic carbocycles. The van der Waals surface area contributed by atoms with E-state index in [1.54, 1.807) is 19.0 Å². The molecule has 0 bridgehead atoms. The monoisotopic (exact) mass is 239 g/mol. The summed E-state index contributed by atoms with van der Waals surface area (Å²) in [7, 11) is 3.50. The van der Waals surface area contributed by atoms with E-state index in [1.807, 2.05) is 0 Å². The average molecular weight is 239 g/mol. The molecule has 0 aliphatic rings. The van der Waals surface area contributed by atoms with E-state index in [1.165, 1.54) is 6.07 Å². The van der Waals surface area contributed by atoms with Gasteiger partial charge in [0.25, 0.3) is 0 Å². The Balaban J connectivity index is 2.49. The van der Waals surface area contributed by atoms with E-state index in [-0.39, 0.29) is 17.1 Å². The van der Waals surface area contributed by atoms with Gasteiger partial charge in [-0.2, -0.15) is 4.98 Å². The molecule has 0 unspecified atom stereocenters. The van der Waals surface area contributed by atoms with Crippen molar-refractivity contribution in [3.05, 3.63) is 23.8 Å². The van der Waals surface area contributed by atoms with Crippen molar-refractivity contribution >= 4 is 11.6 Å². The van der Waals surface area contributed by atoms with Crippen LogP contribution in [0.1, 0.15) is 0 Å². The molecule has 0 spiro atoms. The lowest BCUT2D eigenvalue weighted by Gasteiger charge is -2.04. The molecule has 0 amide bonds. The van der Waals surface area contributed by atoms with Gasteiger partial charge in [0.05, 0.1) is 11.3 Å². The van der Waals surface area contributed by atoms with Crippen LogP contribution < -0.4 is 10.6 Å². The number of anilines is 2. The number of nitrogens with two attached hydrogens (primary N) is 1. The van der Waals surface area contributed by atoms with E-state index in [9.17, 15) is 8.78 Å². The number of rotatable bonds is 2. The molecule has 0 radical (unpaired) electrons. The predicted octanol–water partition coefficient (Wildman–Crippen LogP) is 1.40. The van der Waals surface area contributed by atoms with E-state index in [0.717, 1.165) is 6.07 Å². The van der Waals surface area contributed by atoms with Gasteiger partial charge in [0.2, 0.25) is 5.95 Å². The van der Waals surface area contributed by atoms with Gasteiger partial charge in [-0.25, -0.2) is 8.78 Å². The van der Waals surface area contributed by atoms with Crippen LogP contribution in [-0.4, -0.2) is 29.3 Å². The second-order valence-electron chi connectivity index (χ2n) is 3.73. The number of nitrogens with zero attached hydrogens (tertiary/aromatic N) is 3. The highest BCUT2D eigenvalue weighted by Crippen LogP contribution is 2.24. The molecule has 1 aromatic heterocycles. The third-order valence-corrected chi connectivity index (χ3v) is 2.22. The van der Waals surface area contributed by atoms with Gasteiger partial charge in [0.1, 0.15) is 11.6 Å². The Morgan fingerprint density at radius 1 is 1.24 bits per heavy atom. The van der Waals surface area contributed by atoms with Crippen LogP contribution in [0.25, 0.3) is 11.4 Å². The Labute approximate surface area is 96.3 Å². The first-order valence-corrected chi connectivity index (χ1v) is 4.83. The van der Waals surface area contributed by atoms with Crippen LogP contribution in [0.2, 0.25) is 0 Å². The maximum Gasteiger partial charge on any atom is 0.244 e. The van der Waals surface area contributed by atoms with Crippen molar-refractivity contribution in [2.45, 2.75) is 0 Å². The smallest absolute Gasteiger partial charge is 0.244 e. The van der Waals surface area contributed by atoms with Gasteiger partial charge in [0.15, 0.2) is 5.82 Å². The minimum atomic E-state index is -0.793. The van der Waals surface area contributed by atoms with Gasteiger partial charge in [-0.3, -0.25) is 5.10 Å². The average Bonchev–Trinajstić information content (AvgIpc) is 2.72. The fourth-order valence-corrected chi connectivity index (χ4v) is 1.32. The number of nitrogens with one attached hydrogen (secondary N) is 1. The molecule has 3 N–H and O–H groups in total. The highest BCUT2D eigenvalue weighted by Gasteiger charge is 2.14. The number of benzene rings is 1. The van der Waals surface area contributed by atoms with Crippen molar-refractivity contribution in [2.75, 3.05) is 24.7 Å². The predicted molar refractivity (Wildman–Crippen MR) is 60.5 cm³/mol. The number of nitrogen functional groups attached to an aromatic ring is 1. The van der Waals surface area contributed by atoms with Crippen LogP contribution in [-0.2, 0) is 0 Å². The molecule has 0 fully saturated rings. The number of aromatic amines is 1.